The van der Waals surface area contributed by atoms with Gasteiger partial charge in [-0.15, -0.1) is 11.3 Å². The van der Waals surface area contributed by atoms with Crippen LogP contribution in [0.2, 0.25) is 0 Å². The number of thiazole rings is 1. The fourth-order valence-corrected chi connectivity index (χ4v) is 4.57. The highest BCUT2D eigenvalue weighted by molar-refractivity contribution is 9.11. The van der Waals surface area contributed by atoms with Crippen LogP contribution in [-0.2, 0) is 0 Å². The Morgan fingerprint density at radius 2 is 2.12 bits per heavy atom. The summed E-state index contributed by atoms with van der Waals surface area (Å²) in [4.78, 5) is 17.3. The minimum absolute atomic E-state index is 0.232. The Hall–Kier alpha value is -2.10. The lowest BCUT2D eigenvalue weighted by Gasteiger charge is -2.05. The number of halogens is 2. The second-order valence-electron chi connectivity index (χ2n) is 5.22. The number of para-hydroxylation sites is 1. The monoisotopic (exact) mass is 436 g/mol. The van der Waals surface area contributed by atoms with E-state index in [-0.39, 0.29) is 11.7 Å². The standard InChI is InChI=1S/C16H10BrFN4OS2/c1-8-7-13(19-15(23)11-5-6-12(17)24-11)22(21-8)16-20-14-9(18)3-2-4-10(14)25-16/h2-7H,1H3,(H,19,23). The third-order valence-electron chi connectivity index (χ3n) is 3.41. The molecule has 0 bridgehead atoms. The first kappa shape index (κ1) is 16.4. The van der Waals surface area contributed by atoms with E-state index in [1.807, 2.05) is 13.0 Å². The molecule has 9 heteroatoms. The molecule has 126 valence electrons. The molecule has 1 aromatic carbocycles. The Morgan fingerprint density at radius 1 is 1.28 bits per heavy atom. The first-order chi connectivity index (χ1) is 12.0. The SMILES string of the molecule is Cc1cc(NC(=O)c2ccc(Br)s2)n(-c2nc3c(F)cccc3s2)n1. The van der Waals surface area contributed by atoms with Crippen molar-refractivity contribution in [1.82, 2.24) is 14.8 Å². The zero-order valence-electron chi connectivity index (χ0n) is 12.8. The third kappa shape index (κ3) is 3.10. The van der Waals surface area contributed by atoms with E-state index < -0.39 is 0 Å². The van der Waals surface area contributed by atoms with E-state index in [4.69, 9.17) is 0 Å². The maximum absolute atomic E-state index is 13.9. The van der Waals surface area contributed by atoms with Gasteiger partial charge in [0.25, 0.3) is 5.91 Å². The van der Waals surface area contributed by atoms with E-state index in [1.165, 1.54) is 33.4 Å². The van der Waals surface area contributed by atoms with Crippen molar-refractivity contribution >= 4 is 60.5 Å². The van der Waals surface area contributed by atoms with E-state index in [0.29, 0.717) is 21.3 Å². The van der Waals surface area contributed by atoms with Crippen molar-refractivity contribution in [2.45, 2.75) is 6.92 Å². The van der Waals surface area contributed by atoms with Crippen LogP contribution in [0, 0.1) is 12.7 Å². The summed E-state index contributed by atoms with van der Waals surface area (Å²) in [7, 11) is 0. The number of nitrogens with zero attached hydrogens (tertiary/aromatic N) is 3. The van der Waals surface area contributed by atoms with Crippen molar-refractivity contribution in [2.75, 3.05) is 5.32 Å². The number of anilines is 1. The molecular formula is C16H10BrFN4OS2. The van der Waals surface area contributed by atoms with Gasteiger partial charge in [-0.05, 0) is 47.1 Å². The second kappa shape index (κ2) is 6.32. The fraction of sp³-hybridized carbons (Fsp3) is 0.0625. The molecule has 0 aliphatic carbocycles. The number of amides is 1. The van der Waals surface area contributed by atoms with E-state index in [9.17, 15) is 9.18 Å². The number of carbonyl (C=O) groups excluding carboxylic acids is 1. The molecule has 0 saturated heterocycles. The van der Waals surface area contributed by atoms with Crippen LogP contribution in [0.15, 0.2) is 40.2 Å². The molecule has 4 rings (SSSR count). The molecule has 0 aliphatic heterocycles. The summed E-state index contributed by atoms with van der Waals surface area (Å²) in [6, 6.07) is 10.1. The topological polar surface area (TPSA) is 59.8 Å². The number of aryl methyl sites for hydroxylation is 1. The molecule has 3 aromatic heterocycles. The zero-order valence-corrected chi connectivity index (χ0v) is 16.0. The highest BCUT2D eigenvalue weighted by atomic mass is 79.9. The molecule has 0 unspecified atom stereocenters. The van der Waals surface area contributed by atoms with Gasteiger partial charge in [-0.25, -0.2) is 9.37 Å². The summed E-state index contributed by atoms with van der Waals surface area (Å²) >= 11 is 6.00. The highest BCUT2D eigenvalue weighted by Crippen LogP contribution is 2.29. The van der Waals surface area contributed by atoms with Crippen LogP contribution in [0.5, 0.6) is 0 Å². The second-order valence-corrected chi connectivity index (χ2v) is 8.70. The number of carbonyl (C=O) groups is 1. The Balaban J connectivity index is 1.73. The Labute approximate surface area is 158 Å². The van der Waals surface area contributed by atoms with E-state index in [2.05, 4.69) is 31.3 Å². The van der Waals surface area contributed by atoms with Gasteiger partial charge in [0, 0.05) is 6.07 Å². The summed E-state index contributed by atoms with van der Waals surface area (Å²) in [6.07, 6.45) is 0. The zero-order chi connectivity index (χ0) is 17.6. The maximum atomic E-state index is 13.9. The first-order valence-corrected chi connectivity index (χ1v) is 9.62. The van der Waals surface area contributed by atoms with Crippen molar-refractivity contribution in [3.63, 3.8) is 0 Å². The number of hydrogen-bond acceptors (Lipinski definition) is 5. The van der Waals surface area contributed by atoms with E-state index in [1.54, 1.807) is 24.3 Å². The maximum Gasteiger partial charge on any atom is 0.266 e. The molecule has 0 fully saturated rings. The van der Waals surface area contributed by atoms with Gasteiger partial charge >= 0.3 is 0 Å². The minimum Gasteiger partial charge on any atom is -0.306 e. The largest absolute Gasteiger partial charge is 0.306 e. The Bertz CT molecular complexity index is 1100. The summed E-state index contributed by atoms with van der Waals surface area (Å²) in [5, 5.41) is 7.72. The van der Waals surface area contributed by atoms with Crippen LogP contribution < -0.4 is 5.32 Å². The van der Waals surface area contributed by atoms with Crippen molar-refractivity contribution in [3.05, 3.63) is 56.6 Å². The number of fused-ring (bicyclic) bond motifs is 1. The van der Waals surface area contributed by atoms with Crippen molar-refractivity contribution in [2.24, 2.45) is 0 Å². The van der Waals surface area contributed by atoms with Crippen LogP contribution in [-0.4, -0.2) is 20.7 Å². The predicted octanol–water partition coefficient (Wildman–Crippen LogP) is 5.01. The lowest BCUT2D eigenvalue weighted by molar-refractivity contribution is 0.103. The number of benzene rings is 1. The average molecular weight is 437 g/mol. The van der Waals surface area contributed by atoms with E-state index in [0.717, 1.165) is 14.2 Å². The van der Waals surface area contributed by atoms with Crippen LogP contribution in [0.4, 0.5) is 10.2 Å². The normalized spacial score (nSPS) is 11.2. The summed E-state index contributed by atoms with van der Waals surface area (Å²) in [6.45, 7) is 1.82. The molecular weight excluding hydrogens is 427 g/mol. The van der Waals surface area contributed by atoms with Gasteiger partial charge in [0.15, 0.2) is 0 Å². The molecule has 0 radical (unpaired) electrons. The molecule has 0 spiro atoms. The van der Waals surface area contributed by atoms with Crippen LogP contribution in [0.25, 0.3) is 15.3 Å². The highest BCUT2D eigenvalue weighted by Gasteiger charge is 2.17. The van der Waals surface area contributed by atoms with E-state index >= 15 is 0 Å². The molecule has 3 heterocycles. The molecule has 0 aliphatic rings. The van der Waals surface area contributed by atoms with Crippen molar-refractivity contribution in [1.29, 1.82) is 0 Å². The van der Waals surface area contributed by atoms with Gasteiger partial charge in [0.2, 0.25) is 5.13 Å². The average Bonchev–Trinajstić information content (AvgIpc) is 3.26. The van der Waals surface area contributed by atoms with Gasteiger partial charge < -0.3 is 5.32 Å². The smallest absolute Gasteiger partial charge is 0.266 e. The lowest BCUT2D eigenvalue weighted by Crippen LogP contribution is -2.13. The van der Waals surface area contributed by atoms with Gasteiger partial charge in [-0.1, -0.05) is 17.4 Å². The number of nitrogens with one attached hydrogen (secondary N) is 1. The minimum atomic E-state index is -0.377. The summed E-state index contributed by atoms with van der Waals surface area (Å²) < 4.78 is 17.0. The molecule has 4 aromatic rings. The number of rotatable bonds is 3. The van der Waals surface area contributed by atoms with Crippen molar-refractivity contribution < 1.29 is 9.18 Å². The molecule has 0 atom stereocenters. The Kier molecular flexibility index (Phi) is 4.14. The Morgan fingerprint density at radius 3 is 2.84 bits per heavy atom. The van der Waals surface area contributed by atoms with Crippen molar-refractivity contribution in [3.8, 4) is 5.13 Å². The van der Waals surface area contributed by atoms with Gasteiger partial charge in [0.05, 0.1) is 19.1 Å². The van der Waals surface area contributed by atoms with Gasteiger partial charge in [0.1, 0.15) is 17.2 Å². The van der Waals surface area contributed by atoms with Crippen LogP contribution in [0.3, 0.4) is 0 Å². The van der Waals surface area contributed by atoms with Gasteiger partial charge in [-0.3, -0.25) is 4.79 Å². The summed E-state index contributed by atoms with van der Waals surface area (Å²) in [5.74, 6) is -0.117. The van der Waals surface area contributed by atoms with Crippen LogP contribution in [0.1, 0.15) is 15.4 Å². The first-order valence-electron chi connectivity index (χ1n) is 7.20. The molecule has 0 saturated carbocycles. The number of aromatic nitrogens is 3. The lowest BCUT2D eigenvalue weighted by atomic mass is 10.3. The number of thiophene rings is 1. The molecule has 1 amide bonds. The third-order valence-corrected chi connectivity index (χ3v) is 6.03. The number of hydrogen-bond donors (Lipinski definition) is 1. The quantitative estimate of drug-likeness (QED) is 0.491. The summed E-state index contributed by atoms with van der Waals surface area (Å²) in [5.41, 5.74) is 1.03. The predicted molar refractivity (Wildman–Crippen MR) is 101 cm³/mol. The fourth-order valence-electron chi connectivity index (χ4n) is 2.34. The van der Waals surface area contributed by atoms with Gasteiger partial charge in [-0.2, -0.15) is 9.78 Å². The molecule has 1 N–H and O–H groups in total. The van der Waals surface area contributed by atoms with Crippen LogP contribution >= 0.6 is 38.6 Å². The molecule has 25 heavy (non-hydrogen) atoms. The molecule has 5 nitrogen and oxygen atoms in total.